The molecule has 0 aliphatic heterocycles. The number of rotatable bonds is 3. The largest absolute Gasteiger partial charge is 0.497 e. The van der Waals surface area contributed by atoms with Gasteiger partial charge in [0.15, 0.2) is 0 Å². The molecule has 0 unspecified atom stereocenters. The summed E-state index contributed by atoms with van der Waals surface area (Å²) in [5, 5.41) is 3.48. The van der Waals surface area contributed by atoms with E-state index < -0.39 is 0 Å². The molecule has 2 aromatic carbocycles. The van der Waals surface area contributed by atoms with Gasteiger partial charge < -0.3 is 4.74 Å². The lowest BCUT2D eigenvalue weighted by atomic mass is 10.0. The molecule has 0 saturated heterocycles. The lowest BCUT2D eigenvalue weighted by Gasteiger charge is -2.05. The van der Waals surface area contributed by atoms with Gasteiger partial charge in [0.25, 0.3) is 0 Å². The summed E-state index contributed by atoms with van der Waals surface area (Å²) >= 11 is 1.77. The van der Waals surface area contributed by atoms with Gasteiger partial charge in [0, 0.05) is 33.6 Å². The molecule has 0 amide bonds. The molecular formula is C20H15NOS. The molecule has 0 radical (unpaired) electrons. The normalized spacial score (nSPS) is 10.8. The fourth-order valence-electron chi connectivity index (χ4n) is 2.76. The number of thiophene rings is 1. The zero-order valence-corrected chi connectivity index (χ0v) is 13.5. The van der Waals surface area contributed by atoms with Crippen molar-refractivity contribution in [1.29, 1.82) is 0 Å². The maximum atomic E-state index is 5.32. The lowest BCUT2D eigenvalue weighted by molar-refractivity contribution is 0.415. The molecule has 4 rings (SSSR count). The summed E-state index contributed by atoms with van der Waals surface area (Å²) in [6.45, 7) is 0. The monoisotopic (exact) mass is 317 g/mol. The second-order valence-corrected chi connectivity index (χ2v) is 6.25. The first-order valence-corrected chi connectivity index (χ1v) is 8.29. The minimum absolute atomic E-state index is 0.879. The predicted octanol–water partition coefficient (Wildman–Crippen LogP) is 5.64. The summed E-state index contributed by atoms with van der Waals surface area (Å²) in [5.74, 6) is 0.879. The third-order valence-electron chi connectivity index (χ3n) is 3.95. The summed E-state index contributed by atoms with van der Waals surface area (Å²) in [4.78, 5) is 4.22. The lowest BCUT2D eigenvalue weighted by Crippen LogP contribution is -1.83. The van der Waals surface area contributed by atoms with Gasteiger partial charge >= 0.3 is 0 Å². The van der Waals surface area contributed by atoms with Gasteiger partial charge in [-0.05, 0) is 40.8 Å². The van der Waals surface area contributed by atoms with Gasteiger partial charge in [0.2, 0.25) is 0 Å². The van der Waals surface area contributed by atoms with Crippen LogP contribution in [0.3, 0.4) is 0 Å². The summed E-state index contributed by atoms with van der Waals surface area (Å²) in [7, 11) is 1.70. The first-order valence-electron chi connectivity index (χ1n) is 7.41. The second kappa shape index (κ2) is 5.86. The number of methoxy groups -OCH3 is 1. The SMILES string of the molecule is COc1cccc(-c2ccc3c(-c4cccnc4)csc3c2)c1. The molecule has 0 aliphatic carbocycles. The van der Waals surface area contributed by atoms with Crippen LogP contribution in [-0.4, -0.2) is 12.1 Å². The minimum Gasteiger partial charge on any atom is -0.497 e. The van der Waals surface area contributed by atoms with Crippen LogP contribution < -0.4 is 4.74 Å². The van der Waals surface area contributed by atoms with E-state index in [9.17, 15) is 0 Å². The van der Waals surface area contributed by atoms with E-state index in [1.807, 2.05) is 24.4 Å². The van der Waals surface area contributed by atoms with E-state index in [0.29, 0.717) is 0 Å². The highest BCUT2D eigenvalue weighted by Gasteiger charge is 2.08. The van der Waals surface area contributed by atoms with E-state index in [2.05, 4.69) is 46.8 Å². The second-order valence-electron chi connectivity index (χ2n) is 5.33. The van der Waals surface area contributed by atoms with Crippen molar-refractivity contribution in [2.75, 3.05) is 7.11 Å². The summed E-state index contributed by atoms with van der Waals surface area (Å²) in [5.41, 5.74) is 4.78. The number of pyridine rings is 1. The van der Waals surface area contributed by atoms with E-state index in [1.54, 1.807) is 24.6 Å². The highest BCUT2D eigenvalue weighted by atomic mass is 32.1. The third-order valence-corrected chi connectivity index (χ3v) is 4.90. The van der Waals surface area contributed by atoms with Crippen LogP contribution in [0.4, 0.5) is 0 Å². The Bertz CT molecular complexity index is 960. The third kappa shape index (κ3) is 2.60. The summed E-state index contributed by atoms with van der Waals surface area (Å²) < 4.78 is 6.60. The van der Waals surface area contributed by atoms with Gasteiger partial charge in [-0.2, -0.15) is 0 Å². The summed E-state index contributed by atoms with van der Waals surface area (Å²) in [6, 6.07) is 18.9. The van der Waals surface area contributed by atoms with Crippen LogP contribution in [0.25, 0.3) is 32.3 Å². The number of hydrogen-bond donors (Lipinski definition) is 0. The van der Waals surface area contributed by atoms with Crippen molar-refractivity contribution in [1.82, 2.24) is 4.98 Å². The Labute approximate surface area is 139 Å². The van der Waals surface area contributed by atoms with Crippen LogP contribution in [0.2, 0.25) is 0 Å². The average molecular weight is 317 g/mol. The standard InChI is InChI=1S/C20H15NOS/c1-22-17-6-2-4-14(10-17)15-7-8-18-19(13-23-20(18)11-15)16-5-3-9-21-12-16/h2-13H,1H3. The van der Waals surface area contributed by atoms with Crippen molar-refractivity contribution in [2.45, 2.75) is 0 Å². The number of ether oxygens (including phenoxy) is 1. The van der Waals surface area contributed by atoms with Gasteiger partial charge in [-0.15, -0.1) is 11.3 Å². The van der Waals surface area contributed by atoms with E-state index in [-0.39, 0.29) is 0 Å². The number of hydrogen-bond acceptors (Lipinski definition) is 3. The zero-order valence-electron chi connectivity index (χ0n) is 12.7. The molecule has 0 atom stereocenters. The average Bonchev–Trinajstić information content (AvgIpc) is 3.05. The van der Waals surface area contributed by atoms with Gasteiger partial charge in [-0.1, -0.05) is 30.3 Å². The number of benzene rings is 2. The van der Waals surface area contributed by atoms with Gasteiger partial charge in [0.1, 0.15) is 5.75 Å². The molecule has 2 nitrogen and oxygen atoms in total. The van der Waals surface area contributed by atoms with Crippen molar-refractivity contribution in [3.05, 3.63) is 72.4 Å². The maximum absolute atomic E-state index is 5.32. The van der Waals surface area contributed by atoms with E-state index >= 15 is 0 Å². The molecule has 4 aromatic rings. The molecule has 23 heavy (non-hydrogen) atoms. The molecule has 0 N–H and O–H groups in total. The zero-order chi connectivity index (χ0) is 15.6. The Balaban J connectivity index is 1.81. The Morgan fingerprint density at radius 1 is 0.913 bits per heavy atom. The molecule has 0 spiro atoms. The van der Waals surface area contributed by atoms with E-state index in [1.165, 1.54) is 26.8 Å². The highest BCUT2D eigenvalue weighted by Crippen LogP contribution is 2.36. The van der Waals surface area contributed by atoms with Crippen LogP contribution in [0.5, 0.6) is 5.75 Å². The molecule has 112 valence electrons. The van der Waals surface area contributed by atoms with Crippen molar-refractivity contribution >= 4 is 21.4 Å². The van der Waals surface area contributed by atoms with Crippen molar-refractivity contribution in [2.24, 2.45) is 0 Å². The number of aromatic nitrogens is 1. The van der Waals surface area contributed by atoms with Crippen molar-refractivity contribution < 1.29 is 4.74 Å². The summed E-state index contributed by atoms with van der Waals surface area (Å²) in [6.07, 6.45) is 3.72. The molecule has 0 fully saturated rings. The minimum atomic E-state index is 0.879. The van der Waals surface area contributed by atoms with Crippen molar-refractivity contribution in [3.8, 4) is 28.0 Å². The molecule has 3 heteroatoms. The van der Waals surface area contributed by atoms with Gasteiger partial charge in [-0.3, -0.25) is 4.98 Å². The van der Waals surface area contributed by atoms with Gasteiger partial charge in [-0.25, -0.2) is 0 Å². The highest BCUT2D eigenvalue weighted by molar-refractivity contribution is 7.17. The smallest absolute Gasteiger partial charge is 0.119 e. The van der Waals surface area contributed by atoms with E-state index in [4.69, 9.17) is 4.74 Å². The van der Waals surface area contributed by atoms with Crippen molar-refractivity contribution in [3.63, 3.8) is 0 Å². The number of fused-ring (bicyclic) bond motifs is 1. The van der Waals surface area contributed by atoms with Crippen LogP contribution in [-0.2, 0) is 0 Å². The molecule has 2 aromatic heterocycles. The Hall–Kier alpha value is -2.65. The predicted molar refractivity (Wildman–Crippen MR) is 97.0 cm³/mol. The van der Waals surface area contributed by atoms with Gasteiger partial charge in [0.05, 0.1) is 7.11 Å². The Morgan fingerprint density at radius 2 is 1.78 bits per heavy atom. The Kier molecular flexibility index (Phi) is 3.56. The molecule has 2 heterocycles. The molecule has 0 saturated carbocycles. The maximum Gasteiger partial charge on any atom is 0.119 e. The molecular weight excluding hydrogens is 302 g/mol. The first kappa shape index (κ1) is 14.0. The topological polar surface area (TPSA) is 22.1 Å². The fourth-order valence-corrected chi connectivity index (χ4v) is 3.76. The van der Waals surface area contributed by atoms with Crippen LogP contribution >= 0.6 is 11.3 Å². The molecule has 0 bridgehead atoms. The quantitative estimate of drug-likeness (QED) is 0.488. The van der Waals surface area contributed by atoms with E-state index in [0.717, 1.165) is 11.3 Å². The molecule has 0 aliphatic rings. The van der Waals surface area contributed by atoms with Crippen LogP contribution in [0.1, 0.15) is 0 Å². The fraction of sp³-hybridized carbons (Fsp3) is 0.0500. The van der Waals surface area contributed by atoms with Crippen LogP contribution in [0, 0.1) is 0 Å². The number of nitrogens with zero attached hydrogens (tertiary/aromatic N) is 1. The Morgan fingerprint density at radius 3 is 2.61 bits per heavy atom. The first-order chi connectivity index (χ1) is 11.3. The van der Waals surface area contributed by atoms with Crippen LogP contribution in [0.15, 0.2) is 72.4 Å².